The molecule has 2 aromatic rings. The van der Waals surface area contributed by atoms with Gasteiger partial charge in [0.15, 0.2) is 5.56 Å². The van der Waals surface area contributed by atoms with Gasteiger partial charge in [-0.1, -0.05) is 0 Å². The monoisotopic (exact) mass is 374 g/mol. The molecule has 0 amide bonds. The molecule has 2 rings (SSSR count). The van der Waals surface area contributed by atoms with E-state index in [0.29, 0.717) is 10.6 Å². The summed E-state index contributed by atoms with van der Waals surface area (Å²) in [6, 6.07) is 1.96. The molecule has 0 atom stereocenters. The van der Waals surface area contributed by atoms with Crippen molar-refractivity contribution in [3.8, 4) is 6.07 Å². The number of anilines is 1. The molecule has 0 aliphatic heterocycles. The van der Waals surface area contributed by atoms with Crippen molar-refractivity contribution in [2.45, 2.75) is 12.7 Å². The van der Waals surface area contributed by atoms with E-state index in [9.17, 15) is 31.5 Å². The summed E-state index contributed by atoms with van der Waals surface area (Å²) in [4.78, 5) is 23.8. The lowest BCUT2D eigenvalue weighted by atomic mass is 10.1. The largest absolute Gasteiger partial charge is 0.419 e. The summed E-state index contributed by atoms with van der Waals surface area (Å²) in [7, 11) is 2.38. The Morgan fingerprint density at radius 3 is 2.27 bits per heavy atom. The van der Waals surface area contributed by atoms with Gasteiger partial charge in [0.1, 0.15) is 23.5 Å². The van der Waals surface area contributed by atoms with E-state index in [1.165, 1.54) is 7.05 Å². The molecule has 11 heteroatoms. The van der Waals surface area contributed by atoms with Crippen molar-refractivity contribution in [2.24, 2.45) is 14.1 Å². The van der Waals surface area contributed by atoms with Gasteiger partial charge in [-0.3, -0.25) is 13.9 Å². The van der Waals surface area contributed by atoms with Gasteiger partial charge in [0.25, 0.3) is 5.56 Å². The zero-order valence-electron chi connectivity index (χ0n) is 13.4. The van der Waals surface area contributed by atoms with Crippen LogP contribution in [0.2, 0.25) is 0 Å². The molecule has 0 bridgehead atoms. The topological polar surface area (TPSA) is 79.8 Å². The SMILES string of the molecule is Cn1c(NCc2cc(F)c(C(F)(F)F)cc2F)c(C#N)c(=O)n(C)c1=O. The van der Waals surface area contributed by atoms with Crippen LogP contribution in [-0.2, 0) is 26.8 Å². The average Bonchev–Trinajstić information content (AvgIpc) is 2.56. The maximum atomic E-state index is 13.9. The number of aromatic nitrogens is 2. The Morgan fingerprint density at radius 1 is 1.12 bits per heavy atom. The number of nitrogens with zero attached hydrogens (tertiary/aromatic N) is 3. The molecule has 6 nitrogen and oxygen atoms in total. The highest BCUT2D eigenvalue weighted by molar-refractivity contribution is 5.51. The van der Waals surface area contributed by atoms with Crippen LogP contribution in [0.25, 0.3) is 0 Å². The molecule has 1 aromatic carbocycles. The van der Waals surface area contributed by atoms with Crippen LogP contribution in [0.5, 0.6) is 0 Å². The maximum absolute atomic E-state index is 13.9. The number of halogens is 5. The predicted molar refractivity (Wildman–Crippen MR) is 80.3 cm³/mol. The molecule has 0 unspecified atom stereocenters. The Morgan fingerprint density at radius 2 is 1.73 bits per heavy atom. The van der Waals surface area contributed by atoms with Crippen LogP contribution >= 0.6 is 0 Å². The first-order chi connectivity index (χ1) is 12.0. The maximum Gasteiger partial charge on any atom is 0.419 e. The van der Waals surface area contributed by atoms with Crippen LogP contribution in [0.4, 0.5) is 27.8 Å². The molecule has 0 radical (unpaired) electrons. The summed E-state index contributed by atoms with van der Waals surface area (Å²) in [5.74, 6) is -3.27. The fourth-order valence-electron chi connectivity index (χ4n) is 2.27. The fraction of sp³-hybridized carbons (Fsp3) is 0.267. The molecule has 0 spiro atoms. The van der Waals surface area contributed by atoms with E-state index in [0.717, 1.165) is 11.6 Å². The highest BCUT2D eigenvalue weighted by Gasteiger charge is 2.35. The van der Waals surface area contributed by atoms with Gasteiger partial charge in [-0.15, -0.1) is 0 Å². The van der Waals surface area contributed by atoms with Gasteiger partial charge in [-0.25, -0.2) is 13.6 Å². The van der Waals surface area contributed by atoms with Crippen molar-refractivity contribution in [3.63, 3.8) is 0 Å². The Hall–Kier alpha value is -3.16. The first-order valence-corrected chi connectivity index (χ1v) is 6.98. The third kappa shape index (κ3) is 3.30. The molecule has 0 saturated heterocycles. The quantitative estimate of drug-likeness (QED) is 0.832. The molecule has 138 valence electrons. The van der Waals surface area contributed by atoms with Crippen molar-refractivity contribution in [3.05, 3.63) is 61.3 Å². The Balaban J connectivity index is 2.46. The van der Waals surface area contributed by atoms with Crippen LogP contribution in [0.15, 0.2) is 21.7 Å². The third-order valence-electron chi connectivity index (χ3n) is 3.66. The number of hydrogen-bond acceptors (Lipinski definition) is 4. The van der Waals surface area contributed by atoms with Crippen LogP contribution in [0.3, 0.4) is 0 Å². The van der Waals surface area contributed by atoms with E-state index in [2.05, 4.69) is 5.32 Å². The summed E-state index contributed by atoms with van der Waals surface area (Å²) < 4.78 is 66.7. The molecule has 0 aliphatic rings. The lowest BCUT2D eigenvalue weighted by Gasteiger charge is -2.15. The second-order valence-corrected chi connectivity index (χ2v) is 5.32. The zero-order chi connectivity index (χ0) is 19.8. The van der Waals surface area contributed by atoms with Crippen LogP contribution in [-0.4, -0.2) is 9.13 Å². The van der Waals surface area contributed by atoms with E-state index in [1.54, 1.807) is 6.07 Å². The van der Waals surface area contributed by atoms with Crippen molar-refractivity contribution in [2.75, 3.05) is 5.32 Å². The van der Waals surface area contributed by atoms with Gasteiger partial charge in [0.2, 0.25) is 0 Å². The summed E-state index contributed by atoms with van der Waals surface area (Å²) in [5, 5.41) is 11.5. The first-order valence-electron chi connectivity index (χ1n) is 6.98. The minimum atomic E-state index is -5.06. The van der Waals surface area contributed by atoms with E-state index in [-0.39, 0.29) is 11.9 Å². The van der Waals surface area contributed by atoms with E-state index in [1.807, 2.05) is 0 Å². The lowest BCUT2D eigenvalue weighted by Crippen LogP contribution is -2.39. The smallest absolute Gasteiger partial charge is 0.366 e. The standard InChI is InChI=1S/C15H11F5N4O2/c1-23-12(8(5-21)13(25)24(2)14(23)26)22-6-7-3-11(17)9(4-10(7)16)15(18,19)20/h3-4,22H,6H2,1-2H3. The molecule has 1 heterocycles. The van der Waals surface area contributed by atoms with Crippen molar-refractivity contribution in [1.82, 2.24) is 9.13 Å². The predicted octanol–water partition coefficient (Wildman–Crippen LogP) is 1.86. The number of nitrogens with one attached hydrogen (secondary N) is 1. The van der Waals surface area contributed by atoms with Crippen molar-refractivity contribution >= 4 is 5.82 Å². The molecule has 1 N–H and O–H groups in total. The minimum Gasteiger partial charge on any atom is -0.366 e. The lowest BCUT2D eigenvalue weighted by molar-refractivity contribution is -0.140. The van der Waals surface area contributed by atoms with Gasteiger partial charge >= 0.3 is 11.9 Å². The fourth-order valence-corrected chi connectivity index (χ4v) is 2.27. The molecule has 0 fully saturated rings. The Labute approximate surface area is 142 Å². The number of benzene rings is 1. The molecule has 0 aliphatic carbocycles. The van der Waals surface area contributed by atoms with Gasteiger partial charge < -0.3 is 5.32 Å². The van der Waals surface area contributed by atoms with Gasteiger partial charge in [0, 0.05) is 26.2 Å². The summed E-state index contributed by atoms with van der Waals surface area (Å²) in [6.45, 7) is -0.560. The van der Waals surface area contributed by atoms with Crippen LogP contribution < -0.4 is 16.6 Å². The summed E-state index contributed by atoms with van der Waals surface area (Å²) in [5.41, 5.74) is -4.37. The van der Waals surface area contributed by atoms with Crippen molar-refractivity contribution in [1.29, 1.82) is 5.26 Å². The number of hydrogen-bond donors (Lipinski definition) is 1. The van der Waals surface area contributed by atoms with E-state index >= 15 is 0 Å². The minimum absolute atomic E-state index is 0.0145. The van der Waals surface area contributed by atoms with E-state index < -0.39 is 52.3 Å². The van der Waals surface area contributed by atoms with Crippen LogP contribution in [0.1, 0.15) is 16.7 Å². The second kappa shape index (κ2) is 6.62. The second-order valence-electron chi connectivity index (χ2n) is 5.32. The summed E-state index contributed by atoms with van der Waals surface area (Å²) >= 11 is 0. The van der Waals surface area contributed by atoms with E-state index in [4.69, 9.17) is 5.26 Å². The van der Waals surface area contributed by atoms with Gasteiger partial charge in [-0.05, 0) is 12.1 Å². The third-order valence-corrected chi connectivity index (χ3v) is 3.66. The van der Waals surface area contributed by atoms with Crippen molar-refractivity contribution < 1.29 is 22.0 Å². The zero-order valence-corrected chi connectivity index (χ0v) is 13.4. The molecular weight excluding hydrogens is 363 g/mol. The highest BCUT2D eigenvalue weighted by Crippen LogP contribution is 2.32. The average molecular weight is 374 g/mol. The number of rotatable bonds is 3. The molecule has 26 heavy (non-hydrogen) atoms. The first kappa shape index (κ1) is 19.2. The normalized spacial score (nSPS) is 11.3. The summed E-state index contributed by atoms with van der Waals surface area (Å²) in [6.07, 6.45) is -5.06. The molecule has 0 saturated carbocycles. The van der Waals surface area contributed by atoms with Gasteiger partial charge in [0.05, 0.1) is 5.56 Å². The highest BCUT2D eigenvalue weighted by atomic mass is 19.4. The molecule has 1 aromatic heterocycles. The Kier molecular flexibility index (Phi) is 4.88. The molecular formula is C15H11F5N4O2. The number of alkyl halides is 3. The van der Waals surface area contributed by atoms with Crippen LogP contribution in [0, 0.1) is 23.0 Å². The van der Waals surface area contributed by atoms with Gasteiger partial charge in [-0.2, -0.15) is 18.4 Å². The Bertz CT molecular complexity index is 1030. The number of nitriles is 1.